The maximum absolute atomic E-state index is 9.67. The molecule has 74 valence electrons. The van der Waals surface area contributed by atoms with E-state index in [0.29, 0.717) is 12.6 Å². The summed E-state index contributed by atoms with van der Waals surface area (Å²) in [5, 5.41) is 13.0. The number of aliphatic hydroxyl groups is 1. The third-order valence-electron chi connectivity index (χ3n) is 2.27. The summed E-state index contributed by atoms with van der Waals surface area (Å²) >= 11 is 0. The third-order valence-corrected chi connectivity index (χ3v) is 2.27. The lowest BCUT2D eigenvalue weighted by Gasteiger charge is -2.27. The first-order valence-corrected chi connectivity index (χ1v) is 4.79. The Balaban J connectivity index is 3.64. The predicted molar refractivity (Wildman–Crippen MR) is 53.2 cm³/mol. The van der Waals surface area contributed by atoms with Crippen LogP contribution in [0.1, 0.15) is 41.0 Å². The Morgan fingerprint density at radius 2 is 1.83 bits per heavy atom. The monoisotopic (exact) mass is 173 g/mol. The average molecular weight is 173 g/mol. The molecule has 2 unspecified atom stereocenters. The van der Waals surface area contributed by atoms with Gasteiger partial charge in [0, 0.05) is 12.6 Å². The van der Waals surface area contributed by atoms with Gasteiger partial charge in [-0.15, -0.1) is 0 Å². The molecule has 0 aliphatic rings. The van der Waals surface area contributed by atoms with Crippen LogP contribution in [-0.2, 0) is 0 Å². The highest BCUT2D eigenvalue weighted by Crippen LogP contribution is 2.18. The SMILES string of the molecule is CCC(C)NCC(O)C(C)(C)C. The fourth-order valence-electron chi connectivity index (χ4n) is 0.763. The molecule has 0 heterocycles. The van der Waals surface area contributed by atoms with Gasteiger partial charge in [0.25, 0.3) is 0 Å². The van der Waals surface area contributed by atoms with Gasteiger partial charge in [0.15, 0.2) is 0 Å². The minimum absolute atomic E-state index is 0.0134. The van der Waals surface area contributed by atoms with Gasteiger partial charge in [-0.25, -0.2) is 0 Å². The molecule has 12 heavy (non-hydrogen) atoms. The van der Waals surface area contributed by atoms with Crippen LogP contribution in [0.5, 0.6) is 0 Å². The van der Waals surface area contributed by atoms with E-state index in [9.17, 15) is 5.11 Å². The van der Waals surface area contributed by atoms with Crippen molar-refractivity contribution in [3.8, 4) is 0 Å². The largest absolute Gasteiger partial charge is 0.391 e. The lowest BCUT2D eigenvalue weighted by atomic mass is 9.89. The van der Waals surface area contributed by atoms with Crippen molar-refractivity contribution in [2.45, 2.75) is 53.2 Å². The van der Waals surface area contributed by atoms with Crippen molar-refractivity contribution in [1.82, 2.24) is 5.32 Å². The molecular formula is C10H23NO. The highest BCUT2D eigenvalue weighted by Gasteiger charge is 2.21. The smallest absolute Gasteiger partial charge is 0.0712 e. The normalized spacial score (nSPS) is 17.5. The highest BCUT2D eigenvalue weighted by atomic mass is 16.3. The quantitative estimate of drug-likeness (QED) is 0.679. The molecule has 2 nitrogen and oxygen atoms in total. The van der Waals surface area contributed by atoms with Gasteiger partial charge < -0.3 is 10.4 Å². The summed E-state index contributed by atoms with van der Waals surface area (Å²) < 4.78 is 0. The first-order chi connectivity index (χ1) is 5.38. The fraction of sp³-hybridized carbons (Fsp3) is 1.00. The molecule has 2 N–H and O–H groups in total. The van der Waals surface area contributed by atoms with E-state index in [0.717, 1.165) is 6.42 Å². The second kappa shape index (κ2) is 4.83. The molecule has 0 aliphatic heterocycles. The van der Waals surface area contributed by atoms with Gasteiger partial charge in [-0.1, -0.05) is 27.7 Å². The molecule has 0 saturated heterocycles. The van der Waals surface area contributed by atoms with Crippen molar-refractivity contribution < 1.29 is 5.11 Å². The van der Waals surface area contributed by atoms with Crippen LogP contribution in [0.3, 0.4) is 0 Å². The van der Waals surface area contributed by atoms with Gasteiger partial charge in [-0.2, -0.15) is 0 Å². The summed E-state index contributed by atoms with van der Waals surface area (Å²) in [7, 11) is 0. The van der Waals surface area contributed by atoms with Crippen LogP contribution in [0.4, 0.5) is 0 Å². The van der Waals surface area contributed by atoms with Crippen LogP contribution in [0, 0.1) is 5.41 Å². The Morgan fingerprint density at radius 3 is 2.17 bits per heavy atom. The summed E-state index contributed by atoms with van der Waals surface area (Å²) in [6.45, 7) is 11.1. The van der Waals surface area contributed by atoms with E-state index in [4.69, 9.17) is 0 Å². The number of nitrogens with one attached hydrogen (secondary N) is 1. The minimum Gasteiger partial charge on any atom is -0.391 e. The summed E-state index contributed by atoms with van der Waals surface area (Å²) in [6, 6.07) is 0.502. The van der Waals surface area contributed by atoms with Gasteiger partial charge >= 0.3 is 0 Å². The minimum atomic E-state index is -0.258. The van der Waals surface area contributed by atoms with E-state index in [1.165, 1.54) is 0 Å². The molecule has 0 rings (SSSR count). The second-order valence-corrected chi connectivity index (χ2v) is 4.60. The molecule has 0 aromatic heterocycles. The van der Waals surface area contributed by atoms with E-state index in [1.807, 2.05) is 0 Å². The van der Waals surface area contributed by atoms with Crippen molar-refractivity contribution >= 4 is 0 Å². The molecular weight excluding hydrogens is 150 g/mol. The molecule has 0 spiro atoms. The van der Waals surface area contributed by atoms with Crippen molar-refractivity contribution in [3.05, 3.63) is 0 Å². The molecule has 0 aliphatic carbocycles. The Bertz CT molecular complexity index is 117. The van der Waals surface area contributed by atoms with Gasteiger partial charge in [-0.3, -0.25) is 0 Å². The van der Waals surface area contributed by atoms with E-state index in [-0.39, 0.29) is 11.5 Å². The summed E-state index contributed by atoms with van der Waals surface area (Å²) in [5.41, 5.74) is -0.0134. The summed E-state index contributed by atoms with van der Waals surface area (Å²) in [5.74, 6) is 0. The summed E-state index contributed by atoms with van der Waals surface area (Å²) in [4.78, 5) is 0. The number of aliphatic hydroxyl groups excluding tert-OH is 1. The van der Waals surface area contributed by atoms with Crippen molar-refractivity contribution in [2.75, 3.05) is 6.54 Å². The zero-order valence-electron chi connectivity index (χ0n) is 9.02. The number of hydrogen-bond acceptors (Lipinski definition) is 2. The van der Waals surface area contributed by atoms with Crippen LogP contribution in [0.2, 0.25) is 0 Å². The van der Waals surface area contributed by atoms with E-state index in [2.05, 4.69) is 39.9 Å². The van der Waals surface area contributed by atoms with Crippen LogP contribution in [0.25, 0.3) is 0 Å². The number of rotatable bonds is 4. The maximum Gasteiger partial charge on any atom is 0.0712 e. The van der Waals surface area contributed by atoms with E-state index in [1.54, 1.807) is 0 Å². The number of hydrogen-bond donors (Lipinski definition) is 2. The van der Waals surface area contributed by atoms with Gasteiger partial charge in [-0.05, 0) is 18.8 Å². The molecule has 0 aromatic carbocycles. The van der Waals surface area contributed by atoms with Crippen LogP contribution in [-0.4, -0.2) is 23.8 Å². The van der Waals surface area contributed by atoms with Crippen LogP contribution in [0.15, 0.2) is 0 Å². The fourth-order valence-corrected chi connectivity index (χ4v) is 0.763. The molecule has 2 heteroatoms. The molecule has 0 radical (unpaired) electrons. The maximum atomic E-state index is 9.67. The van der Waals surface area contributed by atoms with Crippen molar-refractivity contribution in [2.24, 2.45) is 5.41 Å². The first-order valence-electron chi connectivity index (χ1n) is 4.79. The molecule has 0 saturated carbocycles. The predicted octanol–water partition coefficient (Wildman–Crippen LogP) is 1.78. The molecule has 0 amide bonds. The Labute approximate surface area is 76.4 Å². The Hall–Kier alpha value is -0.0800. The Kier molecular flexibility index (Phi) is 4.80. The zero-order chi connectivity index (χ0) is 9.78. The second-order valence-electron chi connectivity index (χ2n) is 4.60. The van der Waals surface area contributed by atoms with E-state index < -0.39 is 0 Å². The standard InChI is InChI=1S/C10H23NO/c1-6-8(2)11-7-9(12)10(3,4)5/h8-9,11-12H,6-7H2,1-5H3. The molecule has 2 atom stereocenters. The summed E-state index contributed by atoms with van der Waals surface area (Å²) in [6.07, 6.45) is 0.850. The van der Waals surface area contributed by atoms with Gasteiger partial charge in [0.2, 0.25) is 0 Å². The van der Waals surface area contributed by atoms with Crippen LogP contribution >= 0.6 is 0 Å². The molecule has 0 aromatic rings. The van der Waals surface area contributed by atoms with Crippen molar-refractivity contribution in [1.29, 1.82) is 0 Å². The first kappa shape index (κ1) is 11.9. The van der Waals surface area contributed by atoms with Gasteiger partial charge in [0.1, 0.15) is 0 Å². The lowest BCUT2D eigenvalue weighted by molar-refractivity contribution is 0.0608. The van der Waals surface area contributed by atoms with Crippen molar-refractivity contribution in [3.63, 3.8) is 0 Å². The van der Waals surface area contributed by atoms with Gasteiger partial charge in [0.05, 0.1) is 6.10 Å². The Morgan fingerprint density at radius 1 is 1.33 bits per heavy atom. The van der Waals surface area contributed by atoms with E-state index >= 15 is 0 Å². The molecule has 0 fully saturated rings. The third kappa shape index (κ3) is 4.73. The van der Waals surface area contributed by atoms with Crippen LogP contribution < -0.4 is 5.32 Å². The zero-order valence-corrected chi connectivity index (χ0v) is 9.02. The topological polar surface area (TPSA) is 32.3 Å². The average Bonchev–Trinajstić information content (AvgIpc) is 1.97. The highest BCUT2D eigenvalue weighted by molar-refractivity contribution is 4.75. The lowest BCUT2D eigenvalue weighted by Crippen LogP contribution is -2.39. The molecule has 0 bridgehead atoms.